The topological polar surface area (TPSA) is 59.9 Å². The molecule has 0 radical (unpaired) electrons. The Morgan fingerprint density at radius 2 is 1.86 bits per heavy atom. The van der Waals surface area contributed by atoms with Gasteiger partial charge in [-0.1, -0.05) is 12.1 Å². The maximum absolute atomic E-state index is 12.1. The summed E-state index contributed by atoms with van der Waals surface area (Å²) in [5.74, 6) is 0.707. The number of carbonyl (C=O) groups excluding carboxylic acids is 1. The van der Waals surface area contributed by atoms with Crippen LogP contribution in [-0.2, 0) is 0 Å². The molecule has 0 aliphatic carbocycles. The van der Waals surface area contributed by atoms with Gasteiger partial charge in [-0.2, -0.15) is 5.10 Å². The molecule has 0 saturated heterocycles. The predicted molar refractivity (Wildman–Crippen MR) is 93.8 cm³/mol. The van der Waals surface area contributed by atoms with Gasteiger partial charge in [-0.3, -0.25) is 4.79 Å². The van der Waals surface area contributed by atoms with Gasteiger partial charge in [0.1, 0.15) is 11.5 Å². The molecular weight excluding hydrogens is 395 g/mol. The second-order valence-corrected chi connectivity index (χ2v) is 5.56. The van der Waals surface area contributed by atoms with E-state index in [-0.39, 0.29) is 5.91 Å². The third-order valence-corrected chi connectivity index (χ3v) is 3.62. The zero-order chi connectivity index (χ0) is 15.9. The molecule has 6 heteroatoms. The molecule has 2 rings (SSSR count). The van der Waals surface area contributed by atoms with Gasteiger partial charge in [0, 0.05) is 9.64 Å². The third-order valence-electron chi connectivity index (χ3n) is 2.90. The molecule has 0 fully saturated rings. The number of carbonyl (C=O) groups is 1. The second-order valence-electron chi connectivity index (χ2n) is 4.32. The molecule has 1 amide bonds. The van der Waals surface area contributed by atoms with E-state index in [9.17, 15) is 4.79 Å². The molecule has 2 aromatic carbocycles. The van der Waals surface area contributed by atoms with Gasteiger partial charge in [-0.25, -0.2) is 5.43 Å². The van der Waals surface area contributed by atoms with E-state index < -0.39 is 0 Å². The number of amides is 1. The van der Waals surface area contributed by atoms with E-state index in [1.165, 1.54) is 7.11 Å². The van der Waals surface area contributed by atoms with Gasteiger partial charge in [0.15, 0.2) is 0 Å². The summed E-state index contributed by atoms with van der Waals surface area (Å²) in [5.41, 5.74) is 3.78. The molecule has 1 N–H and O–H groups in total. The minimum Gasteiger partial charge on any atom is -0.497 e. The first-order valence-corrected chi connectivity index (χ1v) is 7.53. The Balaban J connectivity index is 2.07. The lowest BCUT2D eigenvalue weighted by molar-refractivity contribution is 0.0952. The first kappa shape index (κ1) is 16.3. The molecule has 0 heterocycles. The molecule has 0 aliphatic rings. The molecule has 0 aromatic heterocycles. The average molecular weight is 410 g/mol. The van der Waals surface area contributed by atoms with Crippen LogP contribution in [0.25, 0.3) is 0 Å². The molecule has 22 heavy (non-hydrogen) atoms. The Morgan fingerprint density at radius 1 is 1.14 bits per heavy atom. The van der Waals surface area contributed by atoms with E-state index in [4.69, 9.17) is 9.47 Å². The predicted octanol–water partition coefficient (Wildman–Crippen LogP) is 3.07. The van der Waals surface area contributed by atoms with E-state index in [1.54, 1.807) is 31.5 Å². The lowest BCUT2D eigenvalue weighted by atomic mass is 10.2. The highest BCUT2D eigenvalue weighted by molar-refractivity contribution is 14.1. The number of hydrogen-bond donors (Lipinski definition) is 1. The second kappa shape index (κ2) is 7.79. The van der Waals surface area contributed by atoms with Crippen molar-refractivity contribution in [2.45, 2.75) is 0 Å². The van der Waals surface area contributed by atoms with E-state index in [0.717, 1.165) is 9.13 Å². The zero-order valence-electron chi connectivity index (χ0n) is 12.2. The highest BCUT2D eigenvalue weighted by atomic mass is 127. The van der Waals surface area contributed by atoms with Crippen LogP contribution < -0.4 is 14.9 Å². The van der Waals surface area contributed by atoms with Gasteiger partial charge in [0.25, 0.3) is 5.91 Å². The van der Waals surface area contributed by atoms with Crippen LogP contribution in [0.5, 0.6) is 11.5 Å². The van der Waals surface area contributed by atoms with Crippen molar-refractivity contribution in [1.82, 2.24) is 5.43 Å². The maximum Gasteiger partial charge on any atom is 0.275 e. The number of hydrazone groups is 1. The van der Waals surface area contributed by atoms with E-state index in [1.807, 2.05) is 24.3 Å². The fourth-order valence-electron chi connectivity index (χ4n) is 1.76. The van der Waals surface area contributed by atoms with Crippen molar-refractivity contribution in [2.24, 2.45) is 5.10 Å². The molecule has 0 unspecified atom stereocenters. The molecule has 0 aliphatic heterocycles. The molecule has 5 nitrogen and oxygen atoms in total. The van der Waals surface area contributed by atoms with Gasteiger partial charge in [0.05, 0.1) is 26.0 Å². The van der Waals surface area contributed by atoms with Crippen molar-refractivity contribution in [3.05, 3.63) is 57.2 Å². The third kappa shape index (κ3) is 4.20. The Morgan fingerprint density at radius 3 is 2.50 bits per heavy atom. The normalized spacial score (nSPS) is 10.5. The Bertz CT molecular complexity index is 684. The summed E-state index contributed by atoms with van der Waals surface area (Å²) in [7, 11) is 3.06. The summed E-state index contributed by atoms with van der Waals surface area (Å²) in [6.07, 6.45) is 1.59. The number of hydrogen-bond acceptors (Lipinski definition) is 4. The van der Waals surface area contributed by atoms with Crippen molar-refractivity contribution in [3.63, 3.8) is 0 Å². The minimum absolute atomic E-state index is 0.346. The number of nitrogens with one attached hydrogen (secondary N) is 1. The minimum atomic E-state index is -0.346. The smallest absolute Gasteiger partial charge is 0.275 e. The maximum atomic E-state index is 12.1. The van der Waals surface area contributed by atoms with E-state index in [0.29, 0.717) is 17.1 Å². The Kier molecular flexibility index (Phi) is 5.76. The van der Waals surface area contributed by atoms with Crippen LogP contribution in [0.15, 0.2) is 47.6 Å². The largest absolute Gasteiger partial charge is 0.497 e. The lowest BCUT2D eigenvalue weighted by Crippen LogP contribution is -2.18. The fraction of sp³-hybridized carbons (Fsp3) is 0.125. The van der Waals surface area contributed by atoms with Crippen molar-refractivity contribution < 1.29 is 14.3 Å². The monoisotopic (exact) mass is 410 g/mol. The molecule has 114 valence electrons. The first-order valence-electron chi connectivity index (χ1n) is 6.45. The van der Waals surface area contributed by atoms with Crippen LogP contribution in [0, 0.1) is 3.57 Å². The molecule has 0 spiro atoms. The van der Waals surface area contributed by atoms with Crippen molar-refractivity contribution in [3.8, 4) is 11.5 Å². The van der Waals surface area contributed by atoms with E-state index in [2.05, 4.69) is 33.1 Å². The van der Waals surface area contributed by atoms with Gasteiger partial charge in [-0.05, 0) is 52.4 Å². The summed E-state index contributed by atoms with van der Waals surface area (Å²) in [6, 6.07) is 12.8. The van der Waals surface area contributed by atoms with Crippen molar-refractivity contribution in [1.29, 1.82) is 0 Å². The van der Waals surface area contributed by atoms with Crippen LogP contribution in [0.1, 0.15) is 15.9 Å². The lowest BCUT2D eigenvalue weighted by Gasteiger charge is -2.08. The van der Waals surface area contributed by atoms with Gasteiger partial charge < -0.3 is 9.47 Å². The summed E-state index contributed by atoms with van der Waals surface area (Å²) >= 11 is 2.23. The van der Waals surface area contributed by atoms with Gasteiger partial charge in [0.2, 0.25) is 0 Å². The molecule has 2 aromatic rings. The SMILES string of the molecule is COc1ccc(C(=O)NN=Cc2ccc(I)cc2)c(OC)c1. The number of halogens is 1. The number of rotatable bonds is 5. The van der Waals surface area contributed by atoms with Crippen molar-refractivity contribution in [2.75, 3.05) is 14.2 Å². The quantitative estimate of drug-likeness (QED) is 0.468. The molecule has 0 saturated carbocycles. The van der Waals surface area contributed by atoms with E-state index >= 15 is 0 Å². The molecule has 0 bridgehead atoms. The summed E-state index contributed by atoms with van der Waals surface area (Å²) in [4.78, 5) is 12.1. The number of methoxy groups -OCH3 is 2. The van der Waals surface area contributed by atoms with Gasteiger partial charge >= 0.3 is 0 Å². The van der Waals surface area contributed by atoms with Gasteiger partial charge in [-0.15, -0.1) is 0 Å². The highest BCUT2D eigenvalue weighted by Gasteiger charge is 2.12. The number of benzene rings is 2. The van der Waals surface area contributed by atoms with Crippen LogP contribution in [0.4, 0.5) is 0 Å². The fourth-order valence-corrected chi connectivity index (χ4v) is 2.12. The summed E-state index contributed by atoms with van der Waals surface area (Å²) < 4.78 is 11.4. The number of nitrogens with zero attached hydrogens (tertiary/aromatic N) is 1. The standard InChI is InChI=1S/C16H15IN2O3/c1-21-13-7-8-14(15(9-13)22-2)16(20)19-18-10-11-3-5-12(17)6-4-11/h3-10H,1-2H3,(H,19,20). The van der Waals surface area contributed by atoms with Crippen LogP contribution >= 0.6 is 22.6 Å². The average Bonchev–Trinajstić information content (AvgIpc) is 2.55. The Hall–Kier alpha value is -2.09. The van der Waals surface area contributed by atoms with Crippen LogP contribution in [-0.4, -0.2) is 26.3 Å². The van der Waals surface area contributed by atoms with Crippen LogP contribution in [0.2, 0.25) is 0 Å². The summed E-state index contributed by atoms with van der Waals surface area (Å²) in [5, 5.41) is 3.95. The first-order chi connectivity index (χ1) is 10.6. The summed E-state index contributed by atoms with van der Waals surface area (Å²) in [6.45, 7) is 0. The molecular formula is C16H15IN2O3. The number of ether oxygens (including phenoxy) is 2. The Labute approximate surface area is 142 Å². The zero-order valence-corrected chi connectivity index (χ0v) is 14.3. The highest BCUT2D eigenvalue weighted by Crippen LogP contribution is 2.24. The molecule has 0 atom stereocenters. The van der Waals surface area contributed by atoms with Crippen LogP contribution in [0.3, 0.4) is 0 Å². The van der Waals surface area contributed by atoms with Crippen molar-refractivity contribution >= 4 is 34.7 Å².